The van der Waals surface area contributed by atoms with Crippen LogP contribution in [0.3, 0.4) is 0 Å². The maximum absolute atomic E-state index is 12.2. The fraction of sp³-hybridized carbons (Fsp3) is 0.375. The van der Waals surface area contributed by atoms with E-state index in [0.29, 0.717) is 5.13 Å². The minimum Gasteiger partial charge on any atom is -0.381 e. The molecule has 2 heterocycles. The highest BCUT2D eigenvalue weighted by Gasteiger charge is 2.23. The average Bonchev–Trinajstić information content (AvgIpc) is 3.04. The van der Waals surface area contributed by atoms with E-state index in [1.807, 2.05) is 40.6 Å². The van der Waals surface area contributed by atoms with E-state index in [1.165, 1.54) is 11.3 Å². The van der Waals surface area contributed by atoms with Crippen LogP contribution in [0.2, 0.25) is 0 Å². The monoisotopic (exact) mass is 317 g/mol. The van der Waals surface area contributed by atoms with Crippen LogP contribution in [0.1, 0.15) is 12.8 Å². The van der Waals surface area contributed by atoms with Crippen molar-refractivity contribution in [1.29, 1.82) is 0 Å². The number of ether oxygens (including phenoxy) is 1. The first kappa shape index (κ1) is 15.0. The third-order valence-electron chi connectivity index (χ3n) is 3.85. The number of methoxy groups -OCH3 is 1. The molecule has 0 bridgehead atoms. The number of aromatic nitrogens is 1. The zero-order chi connectivity index (χ0) is 15.4. The van der Waals surface area contributed by atoms with E-state index in [2.05, 4.69) is 10.3 Å². The van der Waals surface area contributed by atoms with Crippen molar-refractivity contribution in [2.45, 2.75) is 18.9 Å². The van der Waals surface area contributed by atoms with Crippen molar-refractivity contribution in [3.63, 3.8) is 0 Å². The van der Waals surface area contributed by atoms with E-state index in [0.717, 1.165) is 37.2 Å². The first-order valence-electron chi connectivity index (χ1n) is 7.36. The second kappa shape index (κ2) is 6.89. The molecular formula is C16H19N3O2S. The maximum Gasteiger partial charge on any atom is 0.323 e. The number of benzene rings is 1. The molecule has 1 N–H and O–H groups in total. The molecule has 0 radical (unpaired) electrons. The number of piperidine rings is 1. The molecule has 3 rings (SSSR count). The van der Waals surface area contributed by atoms with Crippen molar-refractivity contribution in [3.8, 4) is 11.3 Å². The Balaban J connectivity index is 1.60. The van der Waals surface area contributed by atoms with Gasteiger partial charge in [-0.05, 0) is 12.8 Å². The number of rotatable bonds is 3. The van der Waals surface area contributed by atoms with E-state index in [-0.39, 0.29) is 12.1 Å². The molecule has 116 valence electrons. The number of urea groups is 1. The fourth-order valence-corrected chi connectivity index (χ4v) is 3.25. The molecule has 5 nitrogen and oxygen atoms in total. The topological polar surface area (TPSA) is 54.5 Å². The van der Waals surface area contributed by atoms with Gasteiger partial charge in [0.15, 0.2) is 5.13 Å². The largest absolute Gasteiger partial charge is 0.381 e. The summed E-state index contributed by atoms with van der Waals surface area (Å²) in [7, 11) is 1.72. The van der Waals surface area contributed by atoms with Crippen LogP contribution in [0.5, 0.6) is 0 Å². The normalized spacial score (nSPS) is 15.8. The van der Waals surface area contributed by atoms with Gasteiger partial charge in [-0.1, -0.05) is 30.3 Å². The van der Waals surface area contributed by atoms with Gasteiger partial charge in [0.05, 0.1) is 11.8 Å². The molecule has 0 saturated carbocycles. The summed E-state index contributed by atoms with van der Waals surface area (Å²) in [5, 5.41) is 5.49. The van der Waals surface area contributed by atoms with Crippen LogP contribution in [0.4, 0.5) is 9.93 Å². The molecule has 0 atom stereocenters. The number of amides is 2. The van der Waals surface area contributed by atoms with E-state index >= 15 is 0 Å². The molecule has 0 unspecified atom stereocenters. The summed E-state index contributed by atoms with van der Waals surface area (Å²) in [5.74, 6) is 0. The molecule has 1 aliphatic rings. The molecule has 0 aliphatic carbocycles. The molecule has 1 fully saturated rings. The van der Waals surface area contributed by atoms with Gasteiger partial charge in [-0.2, -0.15) is 0 Å². The van der Waals surface area contributed by atoms with Gasteiger partial charge in [0.2, 0.25) is 0 Å². The van der Waals surface area contributed by atoms with Crippen molar-refractivity contribution < 1.29 is 9.53 Å². The lowest BCUT2D eigenvalue weighted by molar-refractivity contribution is 0.0521. The number of likely N-dealkylation sites (tertiary alicyclic amines) is 1. The Hall–Kier alpha value is -1.92. The Labute approximate surface area is 133 Å². The molecule has 1 aromatic carbocycles. The predicted molar refractivity (Wildman–Crippen MR) is 88.2 cm³/mol. The minimum absolute atomic E-state index is 0.0801. The molecule has 1 aromatic heterocycles. The number of nitrogens with zero attached hydrogens (tertiary/aromatic N) is 2. The highest BCUT2D eigenvalue weighted by Crippen LogP contribution is 2.25. The Morgan fingerprint density at radius 2 is 2.05 bits per heavy atom. The second-order valence-corrected chi connectivity index (χ2v) is 6.11. The van der Waals surface area contributed by atoms with Crippen molar-refractivity contribution in [2.24, 2.45) is 0 Å². The maximum atomic E-state index is 12.2. The number of hydrogen-bond acceptors (Lipinski definition) is 4. The van der Waals surface area contributed by atoms with Crippen LogP contribution in [-0.2, 0) is 4.74 Å². The van der Waals surface area contributed by atoms with Crippen molar-refractivity contribution in [1.82, 2.24) is 9.88 Å². The Morgan fingerprint density at radius 3 is 2.73 bits per heavy atom. The van der Waals surface area contributed by atoms with Crippen molar-refractivity contribution >= 4 is 22.5 Å². The SMILES string of the molecule is COC1CCN(C(=O)Nc2nc(-c3ccccc3)cs2)CC1. The number of carbonyl (C=O) groups excluding carboxylic acids is 1. The molecule has 2 amide bonds. The molecular weight excluding hydrogens is 298 g/mol. The third kappa shape index (κ3) is 3.45. The quantitative estimate of drug-likeness (QED) is 0.943. The van der Waals surface area contributed by atoms with Crippen LogP contribution in [0.25, 0.3) is 11.3 Å². The molecule has 22 heavy (non-hydrogen) atoms. The summed E-state index contributed by atoms with van der Waals surface area (Å²) in [5.41, 5.74) is 1.94. The second-order valence-electron chi connectivity index (χ2n) is 5.26. The average molecular weight is 317 g/mol. The Morgan fingerprint density at radius 1 is 1.32 bits per heavy atom. The predicted octanol–water partition coefficient (Wildman–Crippen LogP) is 3.45. The molecule has 0 spiro atoms. The standard InChI is InChI=1S/C16H19N3O2S/c1-21-13-7-9-19(10-8-13)16(20)18-15-17-14(11-22-15)12-5-3-2-4-6-12/h2-6,11,13H,7-10H2,1H3,(H,17,18,20). The minimum atomic E-state index is -0.0801. The van der Waals surface area contributed by atoms with Crippen molar-refractivity contribution in [2.75, 3.05) is 25.5 Å². The van der Waals surface area contributed by atoms with E-state index < -0.39 is 0 Å². The van der Waals surface area contributed by atoms with Gasteiger partial charge in [-0.3, -0.25) is 5.32 Å². The summed E-state index contributed by atoms with van der Waals surface area (Å²) in [4.78, 5) is 18.5. The van der Waals surface area contributed by atoms with E-state index in [4.69, 9.17) is 4.74 Å². The highest BCUT2D eigenvalue weighted by molar-refractivity contribution is 7.14. The fourth-order valence-electron chi connectivity index (χ4n) is 2.54. The number of thiazole rings is 1. The highest BCUT2D eigenvalue weighted by atomic mass is 32.1. The van der Waals surface area contributed by atoms with Crippen molar-refractivity contribution in [3.05, 3.63) is 35.7 Å². The summed E-state index contributed by atoms with van der Waals surface area (Å²) >= 11 is 1.45. The molecule has 1 saturated heterocycles. The van der Waals surface area contributed by atoms with Gasteiger partial charge in [0.1, 0.15) is 0 Å². The third-order valence-corrected chi connectivity index (χ3v) is 4.61. The summed E-state index contributed by atoms with van der Waals surface area (Å²) < 4.78 is 5.32. The lowest BCUT2D eigenvalue weighted by Gasteiger charge is -2.30. The van der Waals surface area contributed by atoms with Gasteiger partial charge in [-0.25, -0.2) is 9.78 Å². The molecule has 1 aliphatic heterocycles. The smallest absolute Gasteiger partial charge is 0.323 e. The lowest BCUT2D eigenvalue weighted by atomic mass is 10.1. The first-order chi connectivity index (χ1) is 10.8. The number of nitrogens with one attached hydrogen (secondary N) is 1. The number of anilines is 1. The van der Waals surface area contributed by atoms with Crippen LogP contribution >= 0.6 is 11.3 Å². The molecule has 2 aromatic rings. The zero-order valence-corrected chi connectivity index (χ0v) is 13.3. The first-order valence-corrected chi connectivity index (χ1v) is 8.24. The summed E-state index contributed by atoms with van der Waals surface area (Å²) in [6.07, 6.45) is 2.04. The van der Waals surface area contributed by atoms with Gasteiger partial charge in [-0.15, -0.1) is 11.3 Å². The van der Waals surface area contributed by atoms with Crippen LogP contribution in [0.15, 0.2) is 35.7 Å². The number of hydrogen-bond donors (Lipinski definition) is 1. The lowest BCUT2D eigenvalue weighted by Crippen LogP contribution is -2.42. The summed E-state index contributed by atoms with van der Waals surface area (Å²) in [6, 6.07) is 9.87. The van der Waals surface area contributed by atoms with E-state index in [9.17, 15) is 4.79 Å². The Kier molecular flexibility index (Phi) is 4.70. The zero-order valence-electron chi connectivity index (χ0n) is 12.5. The van der Waals surface area contributed by atoms with Gasteiger partial charge >= 0.3 is 6.03 Å². The van der Waals surface area contributed by atoms with Crippen LogP contribution in [-0.4, -0.2) is 42.2 Å². The van der Waals surface area contributed by atoms with Gasteiger partial charge < -0.3 is 9.64 Å². The van der Waals surface area contributed by atoms with E-state index in [1.54, 1.807) is 7.11 Å². The summed E-state index contributed by atoms with van der Waals surface area (Å²) in [6.45, 7) is 1.45. The van der Waals surface area contributed by atoms with Crippen LogP contribution < -0.4 is 5.32 Å². The Bertz CT molecular complexity index is 621. The van der Waals surface area contributed by atoms with Crippen LogP contribution in [0, 0.1) is 0 Å². The number of carbonyl (C=O) groups is 1. The van der Waals surface area contributed by atoms with Gasteiger partial charge in [0.25, 0.3) is 0 Å². The van der Waals surface area contributed by atoms with Gasteiger partial charge in [0, 0.05) is 31.1 Å². The molecule has 6 heteroatoms.